The van der Waals surface area contributed by atoms with Gasteiger partial charge in [0.25, 0.3) is 5.91 Å². The summed E-state index contributed by atoms with van der Waals surface area (Å²) >= 11 is 11.8. The molecule has 0 radical (unpaired) electrons. The van der Waals surface area contributed by atoms with Gasteiger partial charge in [-0.25, -0.2) is 0 Å². The van der Waals surface area contributed by atoms with Crippen LogP contribution in [0.25, 0.3) is 0 Å². The van der Waals surface area contributed by atoms with E-state index in [9.17, 15) is 4.79 Å². The van der Waals surface area contributed by atoms with Crippen LogP contribution < -0.4 is 10.2 Å². The minimum atomic E-state index is -0.165. The van der Waals surface area contributed by atoms with Gasteiger partial charge in [-0.2, -0.15) is 0 Å². The van der Waals surface area contributed by atoms with Crippen molar-refractivity contribution in [3.63, 3.8) is 0 Å². The topological polar surface area (TPSA) is 33.5 Å². The number of halogens is 2. The van der Waals surface area contributed by atoms with Crippen LogP contribution in [0.15, 0.2) is 18.2 Å². The summed E-state index contributed by atoms with van der Waals surface area (Å²) in [6.45, 7) is 8.29. The van der Waals surface area contributed by atoms with Crippen molar-refractivity contribution in [3.8, 4) is 0 Å². The van der Waals surface area contributed by atoms with Gasteiger partial charge in [0.2, 0.25) is 0 Å². The van der Waals surface area contributed by atoms with Crippen LogP contribution in [0.5, 0.6) is 0 Å². The monoisotopic (exact) mass is 303 g/mol. The quantitative estimate of drug-likeness (QED) is 0.743. The number of carbonyl (C=O) groups excluding carboxylic acids is 1. The van der Waals surface area contributed by atoms with Crippen LogP contribution in [0.3, 0.4) is 0 Å². The van der Waals surface area contributed by atoms with Crippen LogP contribution in [0, 0.1) is 0 Å². The molecule has 1 aromatic carbocycles. The number of hydrogen-bond acceptors (Lipinski definition) is 1. The van der Waals surface area contributed by atoms with Crippen molar-refractivity contribution in [2.24, 2.45) is 0 Å². The molecule has 0 heterocycles. The van der Waals surface area contributed by atoms with Crippen molar-refractivity contribution in [1.82, 2.24) is 5.32 Å². The molecule has 1 aromatic rings. The second-order valence-electron chi connectivity index (χ2n) is 4.44. The Kier molecular flexibility index (Phi) is 7.21. The summed E-state index contributed by atoms with van der Waals surface area (Å²) in [7, 11) is 0. The average molecular weight is 304 g/mol. The first-order valence-corrected chi connectivity index (χ1v) is 7.40. The molecule has 0 unspecified atom stereocenters. The summed E-state index contributed by atoms with van der Waals surface area (Å²) in [6.07, 6.45) is 0.959. The highest BCUT2D eigenvalue weighted by atomic mass is 35.5. The van der Waals surface area contributed by atoms with Gasteiger partial charge in [-0.15, -0.1) is 0 Å². The third-order valence-corrected chi connectivity index (χ3v) is 3.73. The lowest BCUT2D eigenvalue weighted by Gasteiger charge is -2.15. The largest absolute Gasteiger partial charge is 0.352 e. The molecular weight excluding hydrogens is 283 g/mol. The molecule has 2 N–H and O–H groups in total. The van der Waals surface area contributed by atoms with Gasteiger partial charge in [0.1, 0.15) is 0 Å². The smallest absolute Gasteiger partial charge is 0.252 e. The van der Waals surface area contributed by atoms with E-state index in [1.54, 1.807) is 18.2 Å². The van der Waals surface area contributed by atoms with Gasteiger partial charge in [-0.05, 0) is 32.0 Å². The first-order valence-electron chi connectivity index (χ1n) is 6.65. The Morgan fingerprint density at radius 1 is 1.26 bits per heavy atom. The van der Waals surface area contributed by atoms with Crippen molar-refractivity contribution >= 4 is 29.1 Å². The molecule has 3 nitrogen and oxygen atoms in total. The van der Waals surface area contributed by atoms with Crippen molar-refractivity contribution < 1.29 is 9.69 Å². The molecule has 5 heteroatoms. The molecule has 0 aromatic heterocycles. The minimum absolute atomic E-state index is 0.165. The molecule has 1 amide bonds. The van der Waals surface area contributed by atoms with Gasteiger partial charge >= 0.3 is 0 Å². The maximum atomic E-state index is 11.9. The van der Waals surface area contributed by atoms with Gasteiger partial charge in [-0.1, -0.05) is 23.2 Å². The maximum absolute atomic E-state index is 11.9. The Bertz CT molecular complexity index is 420. The van der Waals surface area contributed by atoms with E-state index >= 15 is 0 Å². The first kappa shape index (κ1) is 16.3. The predicted octanol–water partition coefficient (Wildman–Crippen LogP) is 2.04. The number of rotatable bonds is 7. The Morgan fingerprint density at radius 2 is 1.95 bits per heavy atom. The summed E-state index contributed by atoms with van der Waals surface area (Å²) < 4.78 is 0. The fourth-order valence-corrected chi connectivity index (χ4v) is 2.29. The van der Waals surface area contributed by atoms with E-state index in [2.05, 4.69) is 19.2 Å². The van der Waals surface area contributed by atoms with Crippen LogP contribution >= 0.6 is 23.2 Å². The van der Waals surface area contributed by atoms with E-state index < -0.39 is 0 Å². The van der Waals surface area contributed by atoms with Gasteiger partial charge in [-0.3, -0.25) is 4.79 Å². The number of quaternary nitrogens is 1. The predicted molar refractivity (Wildman–Crippen MR) is 80.3 cm³/mol. The number of amides is 1. The van der Waals surface area contributed by atoms with E-state index in [4.69, 9.17) is 23.2 Å². The van der Waals surface area contributed by atoms with Gasteiger partial charge < -0.3 is 10.2 Å². The lowest BCUT2D eigenvalue weighted by atomic mass is 10.2. The summed E-state index contributed by atoms with van der Waals surface area (Å²) in [4.78, 5) is 13.5. The van der Waals surface area contributed by atoms with Crippen molar-refractivity contribution in [2.75, 3.05) is 26.2 Å². The fourth-order valence-electron chi connectivity index (χ4n) is 1.91. The third-order valence-electron chi connectivity index (χ3n) is 3.17. The molecule has 0 aliphatic rings. The van der Waals surface area contributed by atoms with E-state index in [1.807, 2.05) is 0 Å². The lowest BCUT2D eigenvalue weighted by Crippen LogP contribution is -3.11. The highest BCUT2D eigenvalue weighted by Gasteiger charge is 2.10. The fraction of sp³-hybridized carbons (Fsp3) is 0.500. The van der Waals surface area contributed by atoms with Gasteiger partial charge in [0.05, 0.1) is 30.2 Å². The summed E-state index contributed by atoms with van der Waals surface area (Å²) in [5, 5.41) is 3.82. The SMILES string of the molecule is CC[NH+](CC)CCCNC(=O)c1cc(Cl)ccc1Cl. The minimum Gasteiger partial charge on any atom is -0.352 e. The highest BCUT2D eigenvalue weighted by molar-refractivity contribution is 6.35. The van der Waals surface area contributed by atoms with E-state index in [0.29, 0.717) is 22.2 Å². The molecule has 19 heavy (non-hydrogen) atoms. The first-order chi connectivity index (χ1) is 9.08. The molecule has 0 fully saturated rings. The zero-order valence-electron chi connectivity index (χ0n) is 11.4. The zero-order valence-corrected chi connectivity index (χ0v) is 12.9. The van der Waals surface area contributed by atoms with E-state index in [-0.39, 0.29) is 5.91 Å². The normalized spacial score (nSPS) is 10.8. The maximum Gasteiger partial charge on any atom is 0.252 e. The van der Waals surface area contributed by atoms with Gasteiger partial charge in [0.15, 0.2) is 0 Å². The third kappa shape index (κ3) is 5.39. The van der Waals surface area contributed by atoms with Crippen molar-refractivity contribution in [1.29, 1.82) is 0 Å². The van der Waals surface area contributed by atoms with Crippen LogP contribution in [0.1, 0.15) is 30.6 Å². The van der Waals surface area contributed by atoms with Crippen LogP contribution in [0.2, 0.25) is 10.0 Å². The average Bonchev–Trinajstić information content (AvgIpc) is 2.41. The highest BCUT2D eigenvalue weighted by Crippen LogP contribution is 2.20. The molecule has 0 aliphatic carbocycles. The molecule has 0 saturated carbocycles. The number of carbonyl (C=O) groups is 1. The molecule has 0 atom stereocenters. The molecule has 0 spiro atoms. The van der Waals surface area contributed by atoms with E-state index in [0.717, 1.165) is 26.1 Å². The Morgan fingerprint density at radius 3 is 2.58 bits per heavy atom. The molecule has 0 bridgehead atoms. The zero-order chi connectivity index (χ0) is 14.3. The number of benzene rings is 1. The second-order valence-corrected chi connectivity index (χ2v) is 5.28. The molecule has 0 aliphatic heterocycles. The number of nitrogens with one attached hydrogen (secondary N) is 2. The van der Waals surface area contributed by atoms with E-state index in [1.165, 1.54) is 4.90 Å². The Balaban J connectivity index is 2.41. The van der Waals surface area contributed by atoms with Crippen molar-refractivity contribution in [3.05, 3.63) is 33.8 Å². The summed E-state index contributed by atoms with van der Waals surface area (Å²) in [6, 6.07) is 4.90. The van der Waals surface area contributed by atoms with Crippen LogP contribution in [-0.2, 0) is 0 Å². The lowest BCUT2D eigenvalue weighted by molar-refractivity contribution is -0.896. The summed E-state index contributed by atoms with van der Waals surface area (Å²) in [5.74, 6) is -0.165. The number of hydrogen-bond donors (Lipinski definition) is 2. The molecule has 1 rings (SSSR count). The van der Waals surface area contributed by atoms with Crippen LogP contribution in [-0.4, -0.2) is 32.1 Å². The van der Waals surface area contributed by atoms with Crippen molar-refractivity contribution in [2.45, 2.75) is 20.3 Å². The summed E-state index contributed by atoms with van der Waals surface area (Å²) in [5.41, 5.74) is 0.435. The Labute approximate surface area is 124 Å². The second kappa shape index (κ2) is 8.41. The van der Waals surface area contributed by atoms with Gasteiger partial charge in [0, 0.05) is 18.0 Å². The molecule has 0 saturated heterocycles. The molecule has 106 valence electrons. The molecular formula is C14H21Cl2N2O+. The standard InChI is InChI=1S/C14H20Cl2N2O/c1-3-18(4-2)9-5-8-17-14(19)12-10-11(15)6-7-13(12)16/h6-7,10H,3-5,8-9H2,1-2H3,(H,17,19)/p+1. The van der Waals surface area contributed by atoms with Crippen LogP contribution in [0.4, 0.5) is 0 Å². The Hall–Kier alpha value is -0.770.